The van der Waals surface area contributed by atoms with Gasteiger partial charge in [-0.1, -0.05) is 40.3 Å². The van der Waals surface area contributed by atoms with Crippen LogP contribution in [0.3, 0.4) is 0 Å². The summed E-state index contributed by atoms with van der Waals surface area (Å²) in [5.74, 6) is -1.62. The van der Waals surface area contributed by atoms with Crippen molar-refractivity contribution in [3.8, 4) is 0 Å². The topological polar surface area (TPSA) is 157 Å². The maximum Gasteiger partial charge on any atom is 0.309 e. The van der Waals surface area contributed by atoms with Crippen molar-refractivity contribution in [1.82, 2.24) is 0 Å². The smallest absolute Gasteiger partial charge is 0.309 e. The van der Waals surface area contributed by atoms with E-state index in [0.717, 1.165) is 31.3 Å². The predicted molar refractivity (Wildman–Crippen MR) is 167 cm³/mol. The highest BCUT2D eigenvalue weighted by atomic mass is 16.6. The molecule has 0 bridgehead atoms. The lowest BCUT2D eigenvalue weighted by Gasteiger charge is -2.62. The molecular weight excluding hydrogens is 592 g/mol. The summed E-state index contributed by atoms with van der Waals surface area (Å²) in [5, 5.41) is 30.9. The van der Waals surface area contributed by atoms with Crippen molar-refractivity contribution in [3.63, 3.8) is 0 Å². The van der Waals surface area contributed by atoms with Crippen LogP contribution in [-0.2, 0) is 33.4 Å². The van der Waals surface area contributed by atoms with Crippen molar-refractivity contribution in [2.24, 2.45) is 34.0 Å². The van der Waals surface area contributed by atoms with Gasteiger partial charge in [0, 0.05) is 17.1 Å². The number of esters is 1. The molecule has 3 saturated carbocycles. The summed E-state index contributed by atoms with van der Waals surface area (Å²) in [6.45, 7) is 17.1. The van der Waals surface area contributed by atoms with Crippen LogP contribution in [0, 0.1) is 34.0 Å². The fourth-order valence-corrected chi connectivity index (χ4v) is 9.92. The van der Waals surface area contributed by atoms with Gasteiger partial charge in [0.25, 0.3) is 0 Å². The molecule has 5 rings (SSSR count). The molecule has 0 spiro atoms. The van der Waals surface area contributed by atoms with Crippen LogP contribution in [0.4, 0.5) is 0 Å². The van der Waals surface area contributed by atoms with Crippen LogP contribution in [0.1, 0.15) is 99.8 Å². The van der Waals surface area contributed by atoms with Gasteiger partial charge in [-0.25, -0.2) is 0 Å². The Kier molecular flexibility index (Phi) is 8.56. The van der Waals surface area contributed by atoms with Crippen LogP contribution in [0.2, 0.25) is 0 Å². The van der Waals surface area contributed by atoms with Crippen LogP contribution < -0.4 is 0 Å². The Hall–Kier alpha value is -2.82. The number of carboxylic acids is 1. The average molecular weight is 643 g/mol. The molecule has 254 valence electrons. The first-order valence-corrected chi connectivity index (χ1v) is 16.5. The number of carboxylic acid groups (broad SMARTS) is 1. The van der Waals surface area contributed by atoms with Crippen molar-refractivity contribution in [2.75, 3.05) is 0 Å². The number of hydrogen-bond donors (Lipinski definition) is 3. The van der Waals surface area contributed by atoms with E-state index in [-0.39, 0.29) is 40.2 Å². The highest BCUT2D eigenvalue weighted by Crippen LogP contribution is 2.70. The molecule has 10 heteroatoms. The maximum atomic E-state index is 13.8. The van der Waals surface area contributed by atoms with Gasteiger partial charge in [0.05, 0.1) is 24.5 Å². The summed E-state index contributed by atoms with van der Waals surface area (Å²) in [5.41, 5.74) is -2.67. The van der Waals surface area contributed by atoms with E-state index < -0.39 is 59.9 Å². The minimum absolute atomic E-state index is 0.0507. The van der Waals surface area contributed by atoms with Crippen molar-refractivity contribution < 1.29 is 48.7 Å². The molecule has 0 saturated heterocycles. The number of fused-ring (bicyclic) bond motifs is 3. The van der Waals surface area contributed by atoms with Gasteiger partial charge in [-0.15, -0.1) is 0 Å². The largest absolute Gasteiger partial charge is 0.481 e. The number of rotatable bonds is 8. The van der Waals surface area contributed by atoms with Gasteiger partial charge in [0.1, 0.15) is 5.76 Å². The Bertz CT molecular complexity index is 1400. The third-order valence-corrected chi connectivity index (χ3v) is 12.1. The Morgan fingerprint density at radius 2 is 1.72 bits per heavy atom. The van der Waals surface area contributed by atoms with E-state index >= 15 is 0 Å². The highest BCUT2D eigenvalue weighted by molar-refractivity contribution is 5.99. The molecule has 5 aliphatic rings. The Balaban J connectivity index is 1.34. The zero-order valence-electron chi connectivity index (χ0n) is 28.2. The minimum atomic E-state index is -1.79. The third-order valence-electron chi connectivity index (χ3n) is 12.1. The monoisotopic (exact) mass is 642 g/mol. The lowest BCUT2D eigenvalue weighted by molar-refractivity contribution is -0.189. The van der Waals surface area contributed by atoms with Crippen molar-refractivity contribution in [2.45, 2.75) is 130 Å². The standard InChI is InChI=1S/C36H50O10/c1-19(23-15-27(37)33(4,5)46-23)22-11-9-20(31(42)45-22)21-10-12-26-35(21,7)14-13-25-32(2,3)30(41)24(16-36(25,26)8)44-29(40)18-34(6,43)17-28(38)39/h9,15,21-22,24-26,31,42-43H,1,10-14,16-18H2,2-8H3,(H,38,39)/t21-,22+,24+,25-,26-,31-,34?,35-,36-/m1/s1. The zero-order chi connectivity index (χ0) is 34.2. The summed E-state index contributed by atoms with van der Waals surface area (Å²) in [6.07, 6.45) is 3.95. The molecule has 3 aliphatic carbocycles. The summed E-state index contributed by atoms with van der Waals surface area (Å²) < 4.78 is 17.7. The first-order chi connectivity index (χ1) is 21.1. The maximum absolute atomic E-state index is 13.8. The van der Waals surface area contributed by atoms with Crippen LogP contribution in [0.25, 0.3) is 0 Å². The second kappa shape index (κ2) is 11.4. The summed E-state index contributed by atoms with van der Waals surface area (Å²) >= 11 is 0. The molecule has 2 aliphatic heterocycles. The second-order valence-electron chi connectivity index (χ2n) is 16.2. The number of aliphatic carboxylic acids is 1. The van der Waals surface area contributed by atoms with Gasteiger partial charge in [-0.2, -0.15) is 0 Å². The van der Waals surface area contributed by atoms with Gasteiger partial charge in [-0.3, -0.25) is 19.2 Å². The SMILES string of the molecule is C=C(C1=CC(=O)C(C)(C)O1)[C@@H]1CC=C([C@H]2CC[C@@H]3[C@]2(C)CC[C@@H]2C(C)(C)C(=O)[C@@H](OC(=O)CC(C)(O)CC(=O)O)C[C@@]32C)[C@H](O)O1. The molecule has 0 radical (unpaired) electrons. The van der Waals surface area contributed by atoms with E-state index in [1.54, 1.807) is 13.8 Å². The van der Waals surface area contributed by atoms with Crippen LogP contribution >= 0.6 is 0 Å². The minimum Gasteiger partial charge on any atom is -0.481 e. The summed E-state index contributed by atoms with van der Waals surface area (Å²) in [7, 11) is 0. The molecule has 1 unspecified atom stereocenters. The van der Waals surface area contributed by atoms with Crippen molar-refractivity contribution >= 4 is 23.5 Å². The van der Waals surface area contributed by atoms with E-state index in [4.69, 9.17) is 19.3 Å². The number of ketones is 2. The van der Waals surface area contributed by atoms with Crippen molar-refractivity contribution in [3.05, 3.63) is 35.6 Å². The molecule has 0 amide bonds. The number of aliphatic hydroxyl groups is 2. The van der Waals surface area contributed by atoms with Crippen molar-refractivity contribution in [1.29, 1.82) is 0 Å². The molecule has 3 fully saturated rings. The van der Waals surface area contributed by atoms with Gasteiger partial charge >= 0.3 is 11.9 Å². The summed E-state index contributed by atoms with van der Waals surface area (Å²) in [4.78, 5) is 50.1. The molecule has 9 atom stereocenters. The van der Waals surface area contributed by atoms with Gasteiger partial charge in [0.15, 0.2) is 23.8 Å². The van der Waals surface area contributed by atoms with Crippen LogP contribution in [0.5, 0.6) is 0 Å². The second-order valence-corrected chi connectivity index (χ2v) is 16.2. The number of carbonyl (C=O) groups is 4. The number of hydrogen-bond acceptors (Lipinski definition) is 9. The quantitative estimate of drug-likeness (QED) is 0.248. The molecule has 3 N–H and O–H groups in total. The Morgan fingerprint density at radius 3 is 2.30 bits per heavy atom. The van der Waals surface area contributed by atoms with Gasteiger partial charge in [-0.05, 0) is 93.5 Å². The van der Waals surface area contributed by atoms with E-state index in [1.165, 1.54) is 13.0 Å². The predicted octanol–water partition coefficient (Wildman–Crippen LogP) is 4.81. The number of ether oxygens (including phenoxy) is 3. The zero-order valence-corrected chi connectivity index (χ0v) is 28.2. The lowest BCUT2D eigenvalue weighted by atomic mass is 9.42. The molecule has 2 heterocycles. The summed E-state index contributed by atoms with van der Waals surface area (Å²) in [6, 6.07) is 0. The lowest BCUT2D eigenvalue weighted by Crippen LogP contribution is -2.61. The normalized spacial score (nSPS) is 39.2. The van der Waals surface area contributed by atoms with Crippen LogP contribution in [0.15, 0.2) is 35.6 Å². The molecule has 0 aromatic carbocycles. The van der Waals surface area contributed by atoms with E-state index in [9.17, 15) is 29.4 Å². The number of Topliss-reactive ketones (excluding diaryl/α,β-unsaturated/α-hetero) is 1. The fourth-order valence-electron chi connectivity index (χ4n) is 9.92. The van der Waals surface area contributed by atoms with E-state index in [2.05, 4.69) is 26.5 Å². The van der Waals surface area contributed by atoms with E-state index in [0.29, 0.717) is 24.2 Å². The molecule has 0 aromatic heterocycles. The first-order valence-electron chi connectivity index (χ1n) is 16.5. The average Bonchev–Trinajstić information content (AvgIpc) is 3.41. The molecule has 0 aromatic rings. The van der Waals surface area contributed by atoms with Crippen LogP contribution in [-0.4, -0.2) is 68.5 Å². The highest BCUT2D eigenvalue weighted by Gasteiger charge is 2.66. The molecule has 46 heavy (non-hydrogen) atoms. The van der Waals surface area contributed by atoms with Gasteiger partial charge < -0.3 is 29.5 Å². The number of aliphatic hydroxyl groups excluding tert-OH is 1. The molecular formula is C36H50O10. The van der Waals surface area contributed by atoms with E-state index in [1.807, 2.05) is 13.8 Å². The third kappa shape index (κ3) is 5.79. The Labute approximate surface area is 271 Å². The first kappa shape index (κ1) is 34.5. The number of carbonyl (C=O) groups excluding carboxylic acids is 3. The fraction of sp³-hybridized carbons (Fsp3) is 0.722. The Morgan fingerprint density at radius 1 is 1.04 bits per heavy atom. The molecule has 10 nitrogen and oxygen atoms in total. The van der Waals surface area contributed by atoms with Gasteiger partial charge in [0.2, 0.25) is 5.78 Å².